The van der Waals surface area contributed by atoms with Gasteiger partial charge >= 0.3 is 0 Å². The van der Waals surface area contributed by atoms with Crippen molar-refractivity contribution in [2.75, 3.05) is 11.5 Å². The first-order valence-electron chi connectivity index (χ1n) is 12.1. The molecule has 0 bridgehead atoms. The van der Waals surface area contributed by atoms with Gasteiger partial charge in [0.25, 0.3) is 0 Å². The molecule has 3 heteroatoms. The minimum absolute atomic E-state index is 0.157. The van der Waals surface area contributed by atoms with Crippen LogP contribution >= 0.6 is 11.8 Å². The van der Waals surface area contributed by atoms with Crippen LogP contribution in [0.1, 0.15) is 135 Å². The quantitative estimate of drug-likeness (QED) is 0.177. The van der Waals surface area contributed by atoms with Gasteiger partial charge in [0.1, 0.15) is 0 Å². The number of carbonyl (C=O) groups is 1. The molecule has 27 heavy (non-hydrogen) atoms. The van der Waals surface area contributed by atoms with Crippen LogP contribution in [0.15, 0.2) is 0 Å². The van der Waals surface area contributed by atoms with Crippen LogP contribution in [0.2, 0.25) is 0 Å². The first-order chi connectivity index (χ1) is 13.3. The molecule has 0 saturated carbocycles. The summed E-state index contributed by atoms with van der Waals surface area (Å²) in [5.74, 6) is 2.40. The highest BCUT2D eigenvalue weighted by atomic mass is 32.2. The number of nitrogens with two attached hydrogens (primary N) is 1. The van der Waals surface area contributed by atoms with E-state index in [1.54, 1.807) is 0 Å². The molecular formula is C24H49NOS. The predicted octanol–water partition coefficient (Wildman–Crippen LogP) is 8.03. The Hall–Kier alpha value is -0.180. The van der Waals surface area contributed by atoms with Crippen molar-refractivity contribution in [2.45, 2.75) is 135 Å². The first kappa shape index (κ1) is 26.8. The van der Waals surface area contributed by atoms with Gasteiger partial charge in [-0.1, -0.05) is 110 Å². The van der Waals surface area contributed by atoms with Gasteiger partial charge in [0.15, 0.2) is 0 Å². The molecular weight excluding hydrogens is 350 g/mol. The minimum atomic E-state index is -0.157. The second kappa shape index (κ2) is 23.9. The minimum Gasteiger partial charge on any atom is -0.370 e. The van der Waals surface area contributed by atoms with Crippen LogP contribution in [0.4, 0.5) is 0 Å². The Balaban J connectivity index is 2.98. The summed E-state index contributed by atoms with van der Waals surface area (Å²) < 4.78 is 0. The molecule has 0 heterocycles. The van der Waals surface area contributed by atoms with Gasteiger partial charge in [-0.3, -0.25) is 4.79 Å². The van der Waals surface area contributed by atoms with E-state index in [1.165, 1.54) is 121 Å². The maximum atomic E-state index is 10.6. The summed E-state index contributed by atoms with van der Waals surface area (Å²) in [6.07, 6.45) is 27.0. The normalized spacial score (nSPS) is 11.1. The molecule has 1 amide bonds. The maximum absolute atomic E-state index is 10.6. The van der Waals surface area contributed by atoms with Crippen LogP contribution in [0, 0.1) is 0 Å². The van der Waals surface area contributed by atoms with Crippen molar-refractivity contribution in [3.63, 3.8) is 0 Å². The first-order valence-corrected chi connectivity index (χ1v) is 13.3. The van der Waals surface area contributed by atoms with Gasteiger partial charge in [-0.2, -0.15) is 11.8 Å². The lowest BCUT2D eigenvalue weighted by molar-refractivity contribution is -0.118. The van der Waals surface area contributed by atoms with Crippen LogP contribution in [0.25, 0.3) is 0 Å². The van der Waals surface area contributed by atoms with Gasteiger partial charge in [0.05, 0.1) is 0 Å². The van der Waals surface area contributed by atoms with Gasteiger partial charge in [0, 0.05) is 6.42 Å². The average Bonchev–Trinajstić information content (AvgIpc) is 2.65. The summed E-state index contributed by atoms with van der Waals surface area (Å²) in [5, 5.41) is 0. The SMILES string of the molecule is CCCCCCCCCCCCCCCCCCSCCCCCC(N)=O. The summed E-state index contributed by atoms with van der Waals surface area (Å²) in [4.78, 5) is 10.6. The van der Waals surface area contributed by atoms with E-state index in [-0.39, 0.29) is 5.91 Å². The molecule has 0 unspecified atom stereocenters. The molecule has 0 rings (SSSR count). The Morgan fingerprint density at radius 1 is 0.556 bits per heavy atom. The zero-order valence-corrected chi connectivity index (χ0v) is 19.3. The molecule has 0 aliphatic carbocycles. The van der Waals surface area contributed by atoms with Gasteiger partial charge in [-0.25, -0.2) is 0 Å². The lowest BCUT2D eigenvalue weighted by Gasteiger charge is -2.04. The van der Waals surface area contributed by atoms with E-state index in [1.807, 2.05) is 0 Å². The second-order valence-corrected chi connectivity index (χ2v) is 9.42. The van der Waals surface area contributed by atoms with Crippen molar-refractivity contribution in [3.8, 4) is 0 Å². The number of carbonyl (C=O) groups excluding carboxylic acids is 1. The van der Waals surface area contributed by atoms with E-state index in [9.17, 15) is 4.79 Å². The van der Waals surface area contributed by atoms with Crippen LogP contribution in [-0.4, -0.2) is 17.4 Å². The molecule has 0 aromatic carbocycles. The molecule has 0 aliphatic heterocycles. The van der Waals surface area contributed by atoms with Crippen molar-refractivity contribution in [1.82, 2.24) is 0 Å². The fourth-order valence-corrected chi connectivity index (χ4v) is 4.56. The smallest absolute Gasteiger partial charge is 0.217 e. The lowest BCUT2D eigenvalue weighted by Crippen LogP contribution is -2.09. The number of unbranched alkanes of at least 4 members (excludes halogenated alkanes) is 17. The van der Waals surface area contributed by atoms with Crippen LogP contribution in [0.3, 0.4) is 0 Å². The number of primary amides is 1. The van der Waals surface area contributed by atoms with E-state index >= 15 is 0 Å². The van der Waals surface area contributed by atoms with Crippen molar-refractivity contribution in [3.05, 3.63) is 0 Å². The Kier molecular flexibility index (Phi) is 23.7. The third kappa shape index (κ3) is 25.8. The van der Waals surface area contributed by atoms with Crippen molar-refractivity contribution >= 4 is 17.7 Å². The van der Waals surface area contributed by atoms with E-state index in [0.717, 1.165) is 12.8 Å². The number of amides is 1. The van der Waals surface area contributed by atoms with Gasteiger partial charge < -0.3 is 5.73 Å². The number of hydrogen-bond acceptors (Lipinski definition) is 2. The largest absolute Gasteiger partial charge is 0.370 e. The predicted molar refractivity (Wildman–Crippen MR) is 125 cm³/mol. The molecule has 0 aromatic heterocycles. The molecule has 0 aromatic rings. The van der Waals surface area contributed by atoms with Crippen molar-refractivity contribution < 1.29 is 4.79 Å². The number of thioether (sulfide) groups is 1. The maximum Gasteiger partial charge on any atom is 0.217 e. The van der Waals surface area contributed by atoms with E-state index in [4.69, 9.17) is 5.73 Å². The topological polar surface area (TPSA) is 43.1 Å². The molecule has 0 saturated heterocycles. The average molecular weight is 400 g/mol. The highest BCUT2D eigenvalue weighted by Crippen LogP contribution is 2.15. The fourth-order valence-electron chi connectivity index (χ4n) is 3.53. The van der Waals surface area contributed by atoms with Crippen LogP contribution in [0.5, 0.6) is 0 Å². The van der Waals surface area contributed by atoms with Gasteiger partial charge in [0.2, 0.25) is 5.91 Å². The Bertz CT molecular complexity index is 296. The van der Waals surface area contributed by atoms with Crippen molar-refractivity contribution in [2.24, 2.45) is 5.73 Å². The molecule has 2 N–H and O–H groups in total. The highest BCUT2D eigenvalue weighted by molar-refractivity contribution is 7.99. The zero-order valence-electron chi connectivity index (χ0n) is 18.5. The molecule has 2 nitrogen and oxygen atoms in total. The molecule has 162 valence electrons. The molecule has 0 aliphatic rings. The van der Waals surface area contributed by atoms with Gasteiger partial charge in [-0.15, -0.1) is 0 Å². The monoisotopic (exact) mass is 399 g/mol. The Morgan fingerprint density at radius 2 is 0.889 bits per heavy atom. The Morgan fingerprint density at radius 3 is 1.26 bits per heavy atom. The molecule has 0 spiro atoms. The molecule has 0 atom stereocenters. The Labute approximate surface area is 175 Å². The fraction of sp³-hybridized carbons (Fsp3) is 0.958. The number of rotatable bonds is 23. The van der Waals surface area contributed by atoms with Gasteiger partial charge in [-0.05, 0) is 30.8 Å². The summed E-state index contributed by atoms with van der Waals surface area (Å²) in [6.45, 7) is 2.29. The van der Waals surface area contributed by atoms with E-state index in [0.29, 0.717) is 6.42 Å². The standard InChI is InChI=1S/C24H49NOS/c1-2-3-4-5-6-7-8-9-10-11-12-13-14-15-16-19-22-27-23-20-17-18-21-24(25)26/h2-23H2,1H3,(H2,25,26). The van der Waals surface area contributed by atoms with Crippen LogP contribution in [-0.2, 0) is 4.79 Å². The zero-order chi connectivity index (χ0) is 19.8. The second-order valence-electron chi connectivity index (χ2n) is 8.19. The summed E-state index contributed by atoms with van der Waals surface area (Å²) in [5.41, 5.74) is 5.14. The summed E-state index contributed by atoms with van der Waals surface area (Å²) >= 11 is 2.08. The molecule has 0 fully saturated rings. The van der Waals surface area contributed by atoms with Crippen LogP contribution < -0.4 is 5.73 Å². The molecule has 0 radical (unpaired) electrons. The number of hydrogen-bond donors (Lipinski definition) is 1. The van der Waals surface area contributed by atoms with E-state index < -0.39 is 0 Å². The summed E-state index contributed by atoms with van der Waals surface area (Å²) in [6, 6.07) is 0. The third-order valence-electron chi connectivity index (χ3n) is 5.35. The van der Waals surface area contributed by atoms with E-state index in [2.05, 4.69) is 18.7 Å². The lowest BCUT2D eigenvalue weighted by atomic mass is 10.0. The van der Waals surface area contributed by atoms with Crippen molar-refractivity contribution in [1.29, 1.82) is 0 Å². The summed E-state index contributed by atoms with van der Waals surface area (Å²) in [7, 11) is 0. The third-order valence-corrected chi connectivity index (χ3v) is 6.51. The highest BCUT2D eigenvalue weighted by Gasteiger charge is 1.97.